The van der Waals surface area contributed by atoms with Crippen molar-refractivity contribution in [2.45, 2.75) is 33.1 Å². The van der Waals surface area contributed by atoms with Crippen LogP contribution in [-0.4, -0.2) is 57.2 Å². The Bertz CT molecular complexity index is 1230. The highest BCUT2D eigenvalue weighted by Gasteiger charge is 2.19. The number of hydrazine groups is 1. The largest absolute Gasteiger partial charge is 0.379 e. The summed E-state index contributed by atoms with van der Waals surface area (Å²) < 4.78 is 6.83. The summed E-state index contributed by atoms with van der Waals surface area (Å²) in [6.45, 7) is 10.6. The molecule has 1 aromatic carbocycles. The molecule has 34 heavy (non-hydrogen) atoms. The Morgan fingerprint density at radius 3 is 2.62 bits per heavy atom. The molecule has 1 saturated heterocycles. The Balaban J connectivity index is 1.55. The molecule has 0 spiro atoms. The number of nitriles is 1. The summed E-state index contributed by atoms with van der Waals surface area (Å²) in [5.41, 5.74) is 7.53. The normalized spacial score (nSPS) is 14.4. The predicted octanol–water partition coefficient (Wildman–Crippen LogP) is 2.86. The van der Waals surface area contributed by atoms with E-state index in [4.69, 9.17) is 4.74 Å². The smallest absolute Gasteiger partial charge is 0.287 e. The Morgan fingerprint density at radius 2 is 1.91 bits per heavy atom. The van der Waals surface area contributed by atoms with E-state index in [1.54, 1.807) is 18.5 Å². The minimum Gasteiger partial charge on any atom is -0.379 e. The van der Waals surface area contributed by atoms with Gasteiger partial charge in [0.2, 0.25) is 0 Å². The molecule has 1 aliphatic heterocycles. The fourth-order valence-corrected chi connectivity index (χ4v) is 3.55. The van der Waals surface area contributed by atoms with Crippen molar-refractivity contribution < 1.29 is 9.53 Å². The molecule has 10 nitrogen and oxygen atoms in total. The zero-order chi connectivity index (χ0) is 24.3. The summed E-state index contributed by atoms with van der Waals surface area (Å²) in [6.07, 6.45) is 3.30. The molecule has 4 rings (SSSR count). The lowest BCUT2D eigenvalue weighted by Crippen LogP contribution is -2.48. The van der Waals surface area contributed by atoms with Crippen LogP contribution in [0.5, 0.6) is 0 Å². The van der Waals surface area contributed by atoms with Crippen molar-refractivity contribution in [3.8, 4) is 11.8 Å². The maximum atomic E-state index is 12.6. The number of hydrogen-bond acceptors (Lipinski definition) is 8. The number of carbonyl (C=O) groups is 1. The molecule has 0 aliphatic carbocycles. The van der Waals surface area contributed by atoms with Crippen molar-refractivity contribution in [2.75, 3.05) is 31.6 Å². The van der Waals surface area contributed by atoms with Crippen LogP contribution in [0.15, 0.2) is 36.7 Å². The third-order valence-corrected chi connectivity index (χ3v) is 5.52. The van der Waals surface area contributed by atoms with E-state index in [9.17, 15) is 10.1 Å². The molecule has 3 heterocycles. The second-order valence-electron chi connectivity index (χ2n) is 9.20. The van der Waals surface area contributed by atoms with E-state index >= 15 is 0 Å². The van der Waals surface area contributed by atoms with Crippen molar-refractivity contribution in [1.29, 1.82) is 5.26 Å². The van der Waals surface area contributed by atoms with E-state index in [0.717, 1.165) is 22.6 Å². The van der Waals surface area contributed by atoms with Crippen molar-refractivity contribution in [2.24, 2.45) is 0 Å². The number of anilines is 2. The average molecular weight is 461 g/mol. The lowest BCUT2D eigenvalue weighted by Gasteiger charge is -2.26. The van der Waals surface area contributed by atoms with Crippen molar-refractivity contribution in [3.05, 3.63) is 59.2 Å². The third-order valence-electron chi connectivity index (χ3n) is 5.52. The standard InChI is InChI=1S/C24H28N8O2/c1-16-22(32-15-21(28-30-32)23(33)29-31-5-7-34-8-6-31)12-20(14-26-16)27-19-10-17(13-25)9-18(11-19)24(2,3)4/h9-12,14-15,27H,5-8H2,1-4H3,(H,29,33). The first kappa shape index (κ1) is 23.4. The number of pyridine rings is 1. The zero-order valence-corrected chi connectivity index (χ0v) is 19.8. The van der Waals surface area contributed by atoms with E-state index in [0.29, 0.717) is 37.6 Å². The summed E-state index contributed by atoms with van der Waals surface area (Å²) in [5, 5.41) is 22.8. The van der Waals surface area contributed by atoms with Gasteiger partial charge in [0.1, 0.15) is 0 Å². The highest BCUT2D eigenvalue weighted by atomic mass is 16.5. The van der Waals surface area contributed by atoms with Gasteiger partial charge in [-0.1, -0.05) is 26.0 Å². The van der Waals surface area contributed by atoms with Crippen LogP contribution in [0.2, 0.25) is 0 Å². The summed E-state index contributed by atoms with van der Waals surface area (Å²) in [7, 11) is 0. The number of aromatic nitrogens is 4. The third kappa shape index (κ3) is 5.39. The van der Waals surface area contributed by atoms with Crippen LogP contribution in [0.4, 0.5) is 11.4 Å². The van der Waals surface area contributed by atoms with Gasteiger partial charge >= 0.3 is 0 Å². The number of carbonyl (C=O) groups excluding carboxylic acids is 1. The van der Waals surface area contributed by atoms with Gasteiger partial charge in [0, 0.05) is 18.8 Å². The molecule has 2 N–H and O–H groups in total. The minimum absolute atomic E-state index is 0.0983. The van der Waals surface area contributed by atoms with Gasteiger partial charge in [-0.3, -0.25) is 15.2 Å². The van der Waals surface area contributed by atoms with Gasteiger partial charge in [-0.2, -0.15) is 5.26 Å². The zero-order valence-electron chi connectivity index (χ0n) is 19.8. The molecule has 0 bridgehead atoms. The van der Waals surface area contributed by atoms with Crippen LogP contribution < -0.4 is 10.7 Å². The van der Waals surface area contributed by atoms with Crippen molar-refractivity contribution in [3.63, 3.8) is 0 Å². The van der Waals surface area contributed by atoms with Gasteiger partial charge in [0.15, 0.2) is 5.69 Å². The highest BCUT2D eigenvalue weighted by Crippen LogP contribution is 2.28. The first-order valence-electron chi connectivity index (χ1n) is 11.1. The second-order valence-corrected chi connectivity index (χ2v) is 9.20. The van der Waals surface area contributed by atoms with Gasteiger partial charge in [0.05, 0.1) is 54.3 Å². The van der Waals surface area contributed by atoms with Gasteiger partial charge < -0.3 is 10.1 Å². The van der Waals surface area contributed by atoms with E-state index in [1.807, 2.05) is 30.1 Å². The molecule has 1 amide bonds. The van der Waals surface area contributed by atoms with Crippen LogP contribution in [0.3, 0.4) is 0 Å². The maximum Gasteiger partial charge on any atom is 0.287 e. The SMILES string of the molecule is Cc1ncc(Nc2cc(C#N)cc(C(C)(C)C)c2)cc1-n1cc(C(=O)NN2CCOCC2)nn1. The van der Waals surface area contributed by atoms with Gasteiger partial charge in [-0.25, -0.2) is 9.69 Å². The number of amides is 1. The predicted molar refractivity (Wildman–Crippen MR) is 127 cm³/mol. The molecule has 3 aromatic rings. The second kappa shape index (κ2) is 9.59. The Hall–Kier alpha value is -3.81. The lowest BCUT2D eigenvalue weighted by atomic mass is 9.86. The van der Waals surface area contributed by atoms with Gasteiger partial charge in [0.25, 0.3) is 5.91 Å². The highest BCUT2D eigenvalue weighted by molar-refractivity contribution is 5.91. The van der Waals surface area contributed by atoms with E-state index in [-0.39, 0.29) is 17.0 Å². The molecule has 2 aromatic heterocycles. The molecule has 0 saturated carbocycles. The number of aryl methyl sites for hydroxylation is 1. The van der Waals surface area contributed by atoms with Crippen LogP contribution in [0.1, 0.15) is 48.1 Å². The van der Waals surface area contributed by atoms with E-state index in [1.165, 1.54) is 4.68 Å². The van der Waals surface area contributed by atoms with Crippen LogP contribution >= 0.6 is 0 Å². The van der Waals surface area contributed by atoms with E-state index in [2.05, 4.69) is 52.9 Å². The summed E-state index contributed by atoms with van der Waals surface area (Å²) in [6, 6.07) is 9.85. The van der Waals surface area contributed by atoms with Crippen LogP contribution in [0.25, 0.3) is 5.69 Å². The first-order chi connectivity index (χ1) is 16.2. The maximum absolute atomic E-state index is 12.6. The summed E-state index contributed by atoms with van der Waals surface area (Å²) in [4.78, 5) is 17.0. The van der Waals surface area contributed by atoms with Crippen LogP contribution in [-0.2, 0) is 10.2 Å². The number of nitrogens with zero attached hydrogens (tertiary/aromatic N) is 6. The molecule has 1 aliphatic rings. The number of morpholine rings is 1. The van der Waals surface area contributed by atoms with Crippen molar-refractivity contribution >= 4 is 17.3 Å². The Morgan fingerprint density at radius 1 is 1.15 bits per heavy atom. The quantitative estimate of drug-likeness (QED) is 0.596. The molecule has 0 radical (unpaired) electrons. The number of rotatable bonds is 5. The number of nitrogens with one attached hydrogen (secondary N) is 2. The average Bonchev–Trinajstić information content (AvgIpc) is 3.30. The lowest BCUT2D eigenvalue weighted by molar-refractivity contribution is 0.0124. The Labute approximate surface area is 198 Å². The summed E-state index contributed by atoms with van der Waals surface area (Å²) in [5.74, 6) is -0.323. The monoisotopic (exact) mass is 460 g/mol. The molecular formula is C24H28N8O2. The fraction of sp³-hybridized carbons (Fsp3) is 0.375. The molecule has 176 valence electrons. The molecule has 10 heteroatoms. The first-order valence-corrected chi connectivity index (χ1v) is 11.1. The number of hydrogen-bond donors (Lipinski definition) is 2. The fourth-order valence-electron chi connectivity index (χ4n) is 3.55. The number of benzene rings is 1. The van der Waals surface area contributed by atoms with Crippen molar-refractivity contribution in [1.82, 2.24) is 30.4 Å². The van der Waals surface area contributed by atoms with Gasteiger partial charge in [-0.05, 0) is 42.2 Å². The topological polar surface area (TPSA) is 121 Å². The molecule has 0 atom stereocenters. The van der Waals surface area contributed by atoms with Crippen LogP contribution in [0, 0.1) is 18.3 Å². The van der Waals surface area contributed by atoms with Gasteiger partial charge in [-0.15, -0.1) is 5.10 Å². The number of ether oxygens (including phenoxy) is 1. The Kier molecular flexibility index (Phi) is 6.58. The van der Waals surface area contributed by atoms with E-state index < -0.39 is 0 Å². The summed E-state index contributed by atoms with van der Waals surface area (Å²) >= 11 is 0. The molecule has 0 unspecified atom stereocenters. The minimum atomic E-state index is -0.323. The molecular weight excluding hydrogens is 432 g/mol. The molecule has 1 fully saturated rings.